The Morgan fingerprint density at radius 2 is 1.17 bits per heavy atom. The number of hydrogen-bond donors (Lipinski definition) is 0. The number of nitrogens with zero attached hydrogens (tertiary/aromatic N) is 3. The van der Waals surface area contributed by atoms with E-state index in [0.29, 0.717) is 0 Å². The number of carbonyl (C=O) groups is 2. The lowest BCUT2D eigenvalue weighted by Gasteiger charge is -2.34. The van der Waals surface area contributed by atoms with Gasteiger partial charge in [-0.1, -0.05) is 30.3 Å². The highest BCUT2D eigenvalue weighted by Gasteiger charge is 2.22. The van der Waals surface area contributed by atoms with Gasteiger partial charge in [0.2, 0.25) is 0 Å². The predicted octanol–water partition coefficient (Wildman–Crippen LogP) is 3.27. The molecule has 2 aromatic rings. The molecule has 152 valence electrons. The van der Waals surface area contributed by atoms with Gasteiger partial charge < -0.3 is 9.80 Å². The van der Waals surface area contributed by atoms with Crippen molar-refractivity contribution < 1.29 is 9.59 Å². The molecule has 0 atom stereocenters. The molecule has 5 heteroatoms. The topological polar surface area (TPSA) is 43.9 Å². The van der Waals surface area contributed by atoms with Crippen LogP contribution in [-0.2, 0) is 6.54 Å². The van der Waals surface area contributed by atoms with Gasteiger partial charge in [0.05, 0.1) is 0 Å². The molecule has 2 aromatic carbocycles. The molecule has 0 aliphatic carbocycles. The molecule has 0 spiro atoms. The van der Waals surface area contributed by atoms with Gasteiger partial charge in [0.15, 0.2) is 0 Å². The number of piperazine rings is 1. The molecule has 2 amide bonds. The standard InChI is InChI=1S/C24H29N3O2/c28-23(21-7-3-1-4-8-21)27-17-15-25(16-18-27)19-20-9-11-22(12-10-20)24(29)26-13-5-2-6-14-26/h1,3-4,7-12H,2,5-6,13-19H2. The van der Waals surface area contributed by atoms with Gasteiger partial charge in [-0.2, -0.15) is 0 Å². The minimum Gasteiger partial charge on any atom is -0.339 e. The Morgan fingerprint density at radius 3 is 1.79 bits per heavy atom. The molecule has 0 bridgehead atoms. The Labute approximate surface area is 172 Å². The number of likely N-dealkylation sites (tertiary alicyclic amines) is 1. The number of carbonyl (C=O) groups excluding carboxylic acids is 2. The van der Waals surface area contributed by atoms with Crippen molar-refractivity contribution in [1.29, 1.82) is 0 Å². The summed E-state index contributed by atoms with van der Waals surface area (Å²) in [6.45, 7) is 5.85. The Hall–Kier alpha value is -2.66. The van der Waals surface area contributed by atoms with Crippen LogP contribution in [0.4, 0.5) is 0 Å². The van der Waals surface area contributed by atoms with Crippen molar-refractivity contribution in [3.05, 3.63) is 71.3 Å². The number of rotatable bonds is 4. The minimum absolute atomic E-state index is 0.117. The molecule has 2 aliphatic heterocycles. The summed E-state index contributed by atoms with van der Waals surface area (Å²) in [6, 6.07) is 17.6. The van der Waals surface area contributed by atoms with Crippen LogP contribution in [0, 0.1) is 0 Å². The summed E-state index contributed by atoms with van der Waals surface area (Å²) in [5.74, 6) is 0.273. The lowest BCUT2D eigenvalue weighted by Crippen LogP contribution is -2.48. The van der Waals surface area contributed by atoms with Crippen molar-refractivity contribution in [2.75, 3.05) is 39.3 Å². The van der Waals surface area contributed by atoms with Crippen LogP contribution in [0.3, 0.4) is 0 Å². The summed E-state index contributed by atoms with van der Waals surface area (Å²) >= 11 is 0. The van der Waals surface area contributed by atoms with Crippen molar-refractivity contribution in [3.8, 4) is 0 Å². The van der Waals surface area contributed by atoms with Crippen LogP contribution in [-0.4, -0.2) is 65.8 Å². The Morgan fingerprint density at radius 1 is 0.621 bits per heavy atom. The quantitative estimate of drug-likeness (QED) is 0.804. The third-order valence-corrected chi connectivity index (χ3v) is 5.93. The maximum atomic E-state index is 12.6. The molecule has 2 aliphatic rings. The van der Waals surface area contributed by atoms with Gasteiger partial charge >= 0.3 is 0 Å². The second-order valence-corrected chi connectivity index (χ2v) is 7.98. The van der Waals surface area contributed by atoms with Crippen molar-refractivity contribution in [1.82, 2.24) is 14.7 Å². The molecule has 2 saturated heterocycles. The van der Waals surface area contributed by atoms with Crippen molar-refractivity contribution in [2.45, 2.75) is 25.8 Å². The molecule has 0 N–H and O–H groups in total. The Bertz CT molecular complexity index is 821. The summed E-state index contributed by atoms with van der Waals surface area (Å²) in [7, 11) is 0. The van der Waals surface area contributed by atoms with Crippen LogP contribution in [0.2, 0.25) is 0 Å². The first kappa shape index (κ1) is 19.6. The van der Waals surface area contributed by atoms with Crippen LogP contribution in [0.25, 0.3) is 0 Å². The highest BCUT2D eigenvalue weighted by Crippen LogP contribution is 2.16. The van der Waals surface area contributed by atoms with Crippen molar-refractivity contribution >= 4 is 11.8 Å². The highest BCUT2D eigenvalue weighted by molar-refractivity contribution is 5.94. The molecule has 0 unspecified atom stereocenters. The predicted molar refractivity (Wildman–Crippen MR) is 114 cm³/mol. The Kier molecular flexibility index (Phi) is 6.25. The maximum Gasteiger partial charge on any atom is 0.253 e. The fraction of sp³-hybridized carbons (Fsp3) is 0.417. The molecule has 0 aromatic heterocycles. The first-order valence-electron chi connectivity index (χ1n) is 10.7. The van der Waals surface area contributed by atoms with E-state index >= 15 is 0 Å². The van der Waals surface area contributed by atoms with E-state index in [1.807, 2.05) is 52.3 Å². The molecular weight excluding hydrogens is 362 g/mol. The molecule has 4 rings (SSSR count). The van der Waals surface area contributed by atoms with E-state index in [1.54, 1.807) is 0 Å². The van der Waals surface area contributed by atoms with Gasteiger partial charge in [-0.05, 0) is 49.1 Å². The normalized spacial score (nSPS) is 17.9. The number of hydrogen-bond acceptors (Lipinski definition) is 3. The Balaban J connectivity index is 1.28. The second-order valence-electron chi connectivity index (χ2n) is 7.98. The van der Waals surface area contributed by atoms with Crippen LogP contribution < -0.4 is 0 Å². The largest absolute Gasteiger partial charge is 0.339 e. The molecule has 2 fully saturated rings. The van der Waals surface area contributed by atoms with Gasteiger partial charge in [0.25, 0.3) is 11.8 Å². The van der Waals surface area contributed by atoms with Gasteiger partial charge in [0, 0.05) is 56.9 Å². The van der Waals surface area contributed by atoms with Gasteiger partial charge in [0.1, 0.15) is 0 Å². The van der Waals surface area contributed by atoms with Crippen LogP contribution in [0.5, 0.6) is 0 Å². The van der Waals surface area contributed by atoms with Crippen LogP contribution in [0.1, 0.15) is 45.5 Å². The van der Waals surface area contributed by atoms with Crippen LogP contribution in [0.15, 0.2) is 54.6 Å². The lowest BCUT2D eigenvalue weighted by molar-refractivity contribution is 0.0628. The smallest absolute Gasteiger partial charge is 0.253 e. The third-order valence-electron chi connectivity index (χ3n) is 5.93. The molecule has 29 heavy (non-hydrogen) atoms. The molecular formula is C24H29N3O2. The van der Waals surface area contributed by atoms with E-state index in [0.717, 1.165) is 69.8 Å². The average Bonchev–Trinajstić information content (AvgIpc) is 2.80. The van der Waals surface area contributed by atoms with Crippen LogP contribution >= 0.6 is 0 Å². The van der Waals surface area contributed by atoms with E-state index in [1.165, 1.54) is 12.0 Å². The third kappa shape index (κ3) is 4.85. The monoisotopic (exact) mass is 391 g/mol. The van der Waals surface area contributed by atoms with E-state index < -0.39 is 0 Å². The fourth-order valence-electron chi connectivity index (χ4n) is 4.16. The van der Waals surface area contributed by atoms with Gasteiger partial charge in [-0.3, -0.25) is 14.5 Å². The zero-order valence-electron chi connectivity index (χ0n) is 16.9. The number of amides is 2. The number of piperidine rings is 1. The van der Waals surface area contributed by atoms with Gasteiger partial charge in [-0.15, -0.1) is 0 Å². The van der Waals surface area contributed by atoms with E-state index in [-0.39, 0.29) is 11.8 Å². The summed E-state index contributed by atoms with van der Waals surface area (Å²) < 4.78 is 0. The minimum atomic E-state index is 0.117. The molecule has 0 saturated carbocycles. The number of benzene rings is 2. The van der Waals surface area contributed by atoms with E-state index in [9.17, 15) is 9.59 Å². The maximum absolute atomic E-state index is 12.6. The summed E-state index contributed by atoms with van der Waals surface area (Å²) in [5.41, 5.74) is 2.76. The van der Waals surface area contributed by atoms with E-state index in [2.05, 4.69) is 17.0 Å². The molecule has 0 radical (unpaired) electrons. The van der Waals surface area contributed by atoms with Crippen molar-refractivity contribution in [2.24, 2.45) is 0 Å². The summed E-state index contributed by atoms with van der Waals surface area (Å²) in [5, 5.41) is 0. The average molecular weight is 392 g/mol. The fourth-order valence-corrected chi connectivity index (χ4v) is 4.16. The van der Waals surface area contributed by atoms with Crippen molar-refractivity contribution in [3.63, 3.8) is 0 Å². The molecule has 2 heterocycles. The zero-order valence-corrected chi connectivity index (χ0v) is 16.9. The van der Waals surface area contributed by atoms with Gasteiger partial charge in [-0.25, -0.2) is 0 Å². The highest BCUT2D eigenvalue weighted by atomic mass is 16.2. The first-order valence-corrected chi connectivity index (χ1v) is 10.7. The summed E-state index contributed by atoms with van der Waals surface area (Å²) in [4.78, 5) is 31.4. The SMILES string of the molecule is O=C(c1ccc(CN2CCN(C(=O)c3ccccc3)CC2)cc1)N1CCCCC1. The lowest BCUT2D eigenvalue weighted by atomic mass is 10.1. The zero-order chi connectivity index (χ0) is 20.1. The molecule has 5 nitrogen and oxygen atoms in total. The van der Waals surface area contributed by atoms with E-state index in [4.69, 9.17) is 0 Å². The summed E-state index contributed by atoms with van der Waals surface area (Å²) in [6.07, 6.45) is 3.46. The first-order chi connectivity index (χ1) is 14.2. The second kappa shape index (κ2) is 9.23.